The molecule has 0 aliphatic heterocycles. The topological polar surface area (TPSA) is 23.8 Å². The van der Waals surface area contributed by atoms with Gasteiger partial charge < -0.3 is 0 Å². The van der Waals surface area contributed by atoms with Gasteiger partial charge in [-0.05, 0) is 45.7 Å². The number of thiophene rings is 1. The van der Waals surface area contributed by atoms with Crippen molar-refractivity contribution in [2.75, 3.05) is 0 Å². The Morgan fingerprint density at radius 2 is 2.00 bits per heavy atom. The summed E-state index contributed by atoms with van der Waals surface area (Å²) in [7, 11) is 0. The van der Waals surface area contributed by atoms with Crippen LogP contribution in [0.2, 0.25) is 0 Å². The zero-order chi connectivity index (χ0) is 14.4. The van der Waals surface area contributed by atoms with Gasteiger partial charge in [-0.25, -0.2) is 0 Å². The lowest BCUT2D eigenvalue weighted by Crippen LogP contribution is -2.23. The molecule has 0 fully saturated rings. The molecule has 0 spiro atoms. The van der Waals surface area contributed by atoms with Crippen LogP contribution in [0.1, 0.15) is 22.4 Å². The van der Waals surface area contributed by atoms with E-state index in [9.17, 15) is 5.26 Å². The molecule has 1 unspecified atom stereocenters. The van der Waals surface area contributed by atoms with Crippen LogP contribution in [-0.2, 0) is 0 Å². The smallest absolute Gasteiger partial charge is 0.105 e. The van der Waals surface area contributed by atoms with Gasteiger partial charge in [-0.15, -0.1) is 11.3 Å². The first-order chi connectivity index (χ1) is 10.2. The maximum atomic E-state index is 9.81. The largest absolute Gasteiger partial charge is 0.197 e. The third kappa shape index (κ3) is 1.62. The number of hydrogen-bond acceptors (Lipinski definition) is 2. The Morgan fingerprint density at radius 1 is 1.19 bits per heavy atom. The SMILES string of the molecule is C=C(c1cccs1)C1(C#N)C=CC2=C(C1)c1ccccc12. The molecule has 1 nitrogen and oxygen atoms in total. The van der Waals surface area contributed by atoms with Crippen LogP contribution in [0.4, 0.5) is 0 Å². The summed E-state index contributed by atoms with van der Waals surface area (Å²) in [5, 5.41) is 11.8. The van der Waals surface area contributed by atoms with Crippen LogP contribution in [0.5, 0.6) is 0 Å². The highest BCUT2D eigenvalue weighted by Crippen LogP contribution is 2.54. The number of benzene rings is 1. The Hall–Kier alpha value is -2.37. The molecule has 0 N–H and O–H groups in total. The summed E-state index contributed by atoms with van der Waals surface area (Å²) in [6.45, 7) is 4.22. The van der Waals surface area contributed by atoms with Crippen molar-refractivity contribution in [1.82, 2.24) is 0 Å². The summed E-state index contributed by atoms with van der Waals surface area (Å²) in [6, 6.07) is 15.0. The first-order valence-corrected chi connectivity index (χ1v) is 7.80. The fraction of sp³-hybridized carbons (Fsp3) is 0.105. The first-order valence-electron chi connectivity index (χ1n) is 6.92. The van der Waals surface area contributed by atoms with Gasteiger partial charge in [-0.3, -0.25) is 0 Å². The lowest BCUT2D eigenvalue weighted by Gasteiger charge is -2.36. The molecule has 0 saturated heterocycles. The Morgan fingerprint density at radius 3 is 2.71 bits per heavy atom. The lowest BCUT2D eigenvalue weighted by atomic mass is 9.65. The van der Waals surface area contributed by atoms with Gasteiger partial charge in [0, 0.05) is 4.88 Å². The highest BCUT2D eigenvalue weighted by Gasteiger charge is 2.40. The fourth-order valence-electron chi connectivity index (χ4n) is 3.19. The van der Waals surface area contributed by atoms with E-state index >= 15 is 0 Å². The van der Waals surface area contributed by atoms with E-state index < -0.39 is 5.41 Å². The second kappa shape index (κ2) is 4.31. The number of hydrogen-bond donors (Lipinski definition) is 0. The van der Waals surface area contributed by atoms with Crippen LogP contribution in [0.15, 0.2) is 60.5 Å². The van der Waals surface area contributed by atoms with Crippen molar-refractivity contribution in [3.05, 3.63) is 76.5 Å². The van der Waals surface area contributed by atoms with Gasteiger partial charge in [0.25, 0.3) is 0 Å². The molecular weight excluding hydrogens is 274 g/mol. The molecule has 100 valence electrons. The Labute approximate surface area is 128 Å². The van der Waals surface area contributed by atoms with E-state index in [1.165, 1.54) is 22.3 Å². The molecule has 2 heteroatoms. The molecule has 0 saturated carbocycles. The average molecular weight is 287 g/mol. The minimum Gasteiger partial charge on any atom is -0.197 e. The van der Waals surface area contributed by atoms with Gasteiger partial charge in [0.15, 0.2) is 0 Å². The van der Waals surface area contributed by atoms with Crippen LogP contribution < -0.4 is 0 Å². The fourth-order valence-corrected chi connectivity index (χ4v) is 3.98. The Kier molecular flexibility index (Phi) is 2.54. The average Bonchev–Trinajstić information content (AvgIpc) is 3.06. The Balaban J connectivity index is 1.75. The predicted octanol–water partition coefficient (Wildman–Crippen LogP) is 5.16. The number of rotatable bonds is 2. The molecule has 2 aliphatic rings. The second-order valence-electron chi connectivity index (χ2n) is 5.49. The molecule has 0 amide bonds. The maximum Gasteiger partial charge on any atom is 0.105 e. The van der Waals surface area contributed by atoms with Crippen LogP contribution in [-0.4, -0.2) is 0 Å². The van der Waals surface area contributed by atoms with Gasteiger partial charge in [0.05, 0.1) is 6.07 Å². The summed E-state index contributed by atoms with van der Waals surface area (Å²) in [5.41, 5.74) is 5.47. The number of nitriles is 1. The molecule has 2 aliphatic carbocycles. The van der Waals surface area contributed by atoms with E-state index in [0.29, 0.717) is 0 Å². The molecular formula is C19H13NS. The molecule has 1 aromatic heterocycles. The number of nitrogens with zero attached hydrogens (tertiary/aromatic N) is 1. The van der Waals surface area contributed by atoms with Gasteiger partial charge in [0.1, 0.15) is 5.41 Å². The summed E-state index contributed by atoms with van der Waals surface area (Å²) in [6.07, 6.45) is 4.86. The predicted molar refractivity (Wildman–Crippen MR) is 88.4 cm³/mol. The number of allylic oxidation sites excluding steroid dienone is 5. The monoisotopic (exact) mass is 287 g/mol. The molecule has 1 atom stereocenters. The molecule has 2 aromatic rings. The normalized spacial score (nSPS) is 22.0. The van der Waals surface area contributed by atoms with Crippen LogP contribution in [0, 0.1) is 16.7 Å². The molecule has 0 radical (unpaired) electrons. The van der Waals surface area contributed by atoms with Crippen LogP contribution in [0.25, 0.3) is 16.7 Å². The molecule has 21 heavy (non-hydrogen) atoms. The lowest BCUT2D eigenvalue weighted by molar-refractivity contribution is 0.686. The van der Waals surface area contributed by atoms with Crippen molar-refractivity contribution in [2.45, 2.75) is 6.42 Å². The van der Waals surface area contributed by atoms with Crippen molar-refractivity contribution in [3.63, 3.8) is 0 Å². The van der Waals surface area contributed by atoms with Gasteiger partial charge in [-0.1, -0.05) is 49.1 Å². The highest BCUT2D eigenvalue weighted by molar-refractivity contribution is 7.11. The first kappa shape index (κ1) is 12.4. The zero-order valence-corrected chi connectivity index (χ0v) is 12.3. The van der Waals surface area contributed by atoms with Crippen molar-refractivity contribution in [1.29, 1.82) is 5.26 Å². The van der Waals surface area contributed by atoms with Crippen LogP contribution in [0.3, 0.4) is 0 Å². The van der Waals surface area contributed by atoms with Crippen LogP contribution >= 0.6 is 11.3 Å². The third-order valence-corrected chi connectivity index (χ3v) is 5.34. The maximum absolute atomic E-state index is 9.81. The van der Waals surface area contributed by atoms with Crippen molar-refractivity contribution < 1.29 is 0 Å². The van der Waals surface area contributed by atoms with E-state index in [-0.39, 0.29) is 0 Å². The minimum atomic E-state index is -0.614. The van der Waals surface area contributed by atoms with E-state index in [1.807, 2.05) is 23.6 Å². The van der Waals surface area contributed by atoms with E-state index in [2.05, 4.69) is 43.0 Å². The van der Waals surface area contributed by atoms with E-state index in [1.54, 1.807) is 11.3 Å². The minimum absolute atomic E-state index is 0.614. The van der Waals surface area contributed by atoms with E-state index in [0.717, 1.165) is 16.9 Å². The van der Waals surface area contributed by atoms with Crippen molar-refractivity contribution >= 4 is 28.1 Å². The zero-order valence-electron chi connectivity index (χ0n) is 11.5. The van der Waals surface area contributed by atoms with Gasteiger partial charge in [0.2, 0.25) is 0 Å². The quantitative estimate of drug-likeness (QED) is 0.748. The molecule has 0 bridgehead atoms. The van der Waals surface area contributed by atoms with Crippen molar-refractivity contribution in [3.8, 4) is 6.07 Å². The summed E-state index contributed by atoms with van der Waals surface area (Å²) < 4.78 is 0. The Bertz CT molecular complexity index is 846. The van der Waals surface area contributed by atoms with Crippen molar-refractivity contribution in [2.24, 2.45) is 5.41 Å². The molecule has 4 rings (SSSR count). The molecule has 1 aromatic carbocycles. The summed E-state index contributed by atoms with van der Waals surface area (Å²) in [5.74, 6) is 0. The third-order valence-electron chi connectivity index (χ3n) is 4.41. The summed E-state index contributed by atoms with van der Waals surface area (Å²) >= 11 is 1.64. The highest BCUT2D eigenvalue weighted by atomic mass is 32.1. The van der Waals surface area contributed by atoms with E-state index in [4.69, 9.17) is 0 Å². The summed E-state index contributed by atoms with van der Waals surface area (Å²) in [4.78, 5) is 1.10. The second-order valence-corrected chi connectivity index (χ2v) is 6.43. The van der Waals surface area contributed by atoms with Gasteiger partial charge in [-0.2, -0.15) is 5.26 Å². The number of fused-ring (bicyclic) bond motifs is 3. The standard InChI is InChI=1S/C19H13NS/c1-13(18-7-4-10-21-18)19(12-20)9-8-16-14-5-2-3-6-15(14)17(16)11-19/h2-10H,1,11H2. The molecule has 1 heterocycles. The van der Waals surface area contributed by atoms with Gasteiger partial charge >= 0.3 is 0 Å².